The molecule has 0 unspecified atom stereocenters. The molecule has 8 heteroatoms. The number of nitrogens with one attached hydrogen (secondary N) is 2. The molecule has 0 fully saturated rings. The number of thiazole rings is 1. The molecule has 2 aromatic carbocycles. The Labute approximate surface area is 156 Å². The summed E-state index contributed by atoms with van der Waals surface area (Å²) in [7, 11) is -3.52. The number of hydrogen-bond acceptors (Lipinski definition) is 5. The third-order valence-corrected chi connectivity index (χ3v) is 6.12. The van der Waals surface area contributed by atoms with Gasteiger partial charge < -0.3 is 5.32 Å². The van der Waals surface area contributed by atoms with E-state index in [1.165, 1.54) is 11.3 Å². The summed E-state index contributed by atoms with van der Waals surface area (Å²) in [5.74, 6) is -0.179. The fourth-order valence-corrected chi connectivity index (χ4v) is 4.19. The van der Waals surface area contributed by atoms with Crippen LogP contribution in [0.25, 0.3) is 10.2 Å². The van der Waals surface area contributed by atoms with Crippen LogP contribution in [-0.4, -0.2) is 32.4 Å². The van der Waals surface area contributed by atoms with Crippen molar-refractivity contribution in [1.82, 2.24) is 15.0 Å². The number of rotatable bonds is 7. The van der Waals surface area contributed by atoms with Crippen LogP contribution < -0.4 is 10.0 Å². The molecule has 0 saturated heterocycles. The van der Waals surface area contributed by atoms with Crippen molar-refractivity contribution in [3.05, 3.63) is 59.1 Å². The van der Waals surface area contributed by atoms with E-state index < -0.39 is 10.0 Å². The Kier molecular flexibility index (Phi) is 5.65. The van der Waals surface area contributed by atoms with Gasteiger partial charge in [-0.15, -0.1) is 11.3 Å². The highest BCUT2D eigenvalue weighted by molar-refractivity contribution is 7.89. The zero-order valence-electron chi connectivity index (χ0n) is 14.2. The van der Waals surface area contributed by atoms with Gasteiger partial charge in [-0.3, -0.25) is 4.79 Å². The lowest BCUT2D eigenvalue weighted by Crippen LogP contribution is -2.30. The average molecular weight is 390 g/mol. The SMILES string of the molecule is Cc1ccc(S(=O)(=O)NCCCNC(=O)c2ccc3ncsc3c2)cc1. The highest BCUT2D eigenvalue weighted by Crippen LogP contribution is 2.19. The van der Waals surface area contributed by atoms with Crippen molar-refractivity contribution in [2.24, 2.45) is 0 Å². The minimum atomic E-state index is -3.52. The molecule has 3 aromatic rings. The fraction of sp³-hybridized carbons (Fsp3) is 0.222. The Balaban J connectivity index is 1.46. The molecule has 0 saturated carbocycles. The summed E-state index contributed by atoms with van der Waals surface area (Å²) < 4.78 is 27.8. The van der Waals surface area contributed by atoms with Crippen LogP contribution in [0.4, 0.5) is 0 Å². The van der Waals surface area contributed by atoms with Gasteiger partial charge in [-0.2, -0.15) is 0 Å². The molecule has 0 aliphatic rings. The molecule has 1 heterocycles. The van der Waals surface area contributed by atoms with E-state index in [4.69, 9.17) is 0 Å². The van der Waals surface area contributed by atoms with Crippen LogP contribution >= 0.6 is 11.3 Å². The Bertz CT molecular complexity index is 1010. The standard InChI is InChI=1S/C18H19N3O3S2/c1-13-3-6-15(7-4-13)26(23,24)21-10-2-9-19-18(22)14-5-8-16-17(11-14)25-12-20-16/h3-8,11-12,21H,2,9-10H2,1H3,(H,19,22). The molecule has 1 aromatic heterocycles. The molecule has 1 amide bonds. The molecule has 26 heavy (non-hydrogen) atoms. The van der Waals surface area contributed by atoms with Gasteiger partial charge in [0.25, 0.3) is 5.91 Å². The number of nitrogens with zero attached hydrogens (tertiary/aromatic N) is 1. The Morgan fingerprint density at radius 3 is 2.65 bits per heavy atom. The summed E-state index contributed by atoms with van der Waals surface area (Å²) in [6.45, 7) is 2.54. The number of amides is 1. The normalized spacial score (nSPS) is 11.6. The smallest absolute Gasteiger partial charge is 0.251 e. The maximum atomic E-state index is 12.2. The lowest BCUT2D eigenvalue weighted by atomic mass is 10.2. The summed E-state index contributed by atoms with van der Waals surface area (Å²) in [5.41, 5.74) is 4.19. The molecule has 136 valence electrons. The monoisotopic (exact) mass is 389 g/mol. The second kappa shape index (κ2) is 7.94. The van der Waals surface area contributed by atoms with Crippen LogP contribution in [0.15, 0.2) is 52.9 Å². The molecule has 0 aliphatic heterocycles. The zero-order chi connectivity index (χ0) is 18.6. The summed E-state index contributed by atoms with van der Waals surface area (Å²) in [6, 6.07) is 12.0. The molecular formula is C18H19N3O3S2. The maximum Gasteiger partial charge on any atom is 0.251 e. The van der Waals surface area contributed by atoms with Gasteiger partial charge in [0.2, 0.25) is 10.0 Å². The Morgan fingerprint density at radius 2 is 1.88 bits per heavy atom. The number of fused-ring (bicyclic) bond motifs is 1. The third kappa shape index (κ3) is 4.46. The van der Waals surface area contributed by atoms with Crippen molar-refractivity contribution in [2.45, 2.75) is 18.2 Å². The molecule has 2 N–H and O–H groups in total. The van der Waals surface area contributed by atoms with Gasteiger partial charge in [-0.05, 0) is 43.7 Å². The lowest BCUT2D eigenvalue weighted by molar-refractivity contribution is 0.0953. The van der Waals surface area contributed by atoms with E-state index in [1.54, 1.807) is 35.8 Å². The summed E-state index contributed by atoms with van der Waals surface area (Å²) in [6.07, 6.45) is 0.500. The first kappa shape index (κ1) is 18.5. The number of sulfonamides is 1. The number of carbonyl (C=O) groups excluding carboxylic acids is 1. The number of aryl methyl sites for hydroxylation is 1. The van der Waals surface area contributed by atoms with Crippen molar-refractivity contribution in [2.75, 3.05) is 13.1 Å². The van der Waals surface area contributed by atoms with Gasteiger partial charge in [0.05, 0.1) is 20.6 Å². The van der Waals surface area contributed by atoms with E-state index in [9.17, 15) is 13.2 Å². The third-order valence-electron chi connectivity index (χ3n) is 3.86. The minimum Gasteiger partial charge on any atom is -0.352 e. The van der Waals surface area contributed by atoms with Crippen LogP contribution in [0.3, 0.4) is 0 Å². The molecule has 0 aliphatic carbocycles. The first-order valence-electron chi connectivity index (χ1n) is 8.13. The second-order valence-corrected chi connectivity index (χ2v) is 8.51. The first-order valence-corrected chi connectivity index (χ1v) is 10.5. The van der Waals surface area contributed by atoms with Crippen LogP contribution in [0.2, 0.25) is 0 Å². The van der Waals surface area contributed by atoms with Gasteiger partial charge in [-0.1, -0.05) is 17.7 Å². The molecule has 6 nitrogen and oxygen atoms in total. The fourth-order valence-electron chi connectivity index (χ4n) is 2.40. The van der Waals surface area contributed by atoms with E-state index in [1.807, 2.05) is 19.1 Å². The van der Waals surface area contributed by atoms with E-state index >= 15 is 0 Å². The number of hydrogen-bond donors (Lipinski definition) is 2. The number of aromatic nitrogens is 1. The van der Waals surface area contributed by atoms with E-state index in [-0.39, 0.29) is 17.3 Å². The van der Waals surface area contributed by atoms with Gasteiger partial charge >= 0.3 is 0 Å². The quantitative estimate of drug-likeness (QED) is 0.608. The molecule has 0 spiro atoms. The molecule has 0 atom stereocenters. The molecule has 0 radical (unpaired) electrons. The predicted octanol–water partition coefficient (Wildman–Crippen LogP) is 2.70. The van der Waals surface area contributed by atoms with Crippen LogP contribution in [0.1, 0.15) is 22.3 Å². The number of carbonyl (C=O) groups is 1. The zero-order valence-corrected chi connectivity index (χ0v) is 15.9. The van der Waals surface area contributed by atoms with Crippen LogP contribution in [-0.2, 0) is 10.0 Å². The molecular weight excluding hydrogens is 370 g/mol. The molecule has 0 bridgehead atoms. The van der Waals surface area contributed by atoms with E-state index in [0.717, 1.165) is 15.8 Å². The van der Waals surface area contributed by atoms with Crippen molar-refractivity contribution in [1.29, 1.82) is 0 Å². The van der Waals surface area contributed by atoms with E-state index in [2.05, 4.69) is 15.0 Å². The number of benzene rings is 2. The van der Waals surface area contributed by atoms with Gasteiger partial charge in [0.1, 0.15) is 0 Å². The van der Waals surface area contributed by atoms with Crippen molar-refractivity contribution in [3.63, 3.8) is 0 Å². The lowest BCUT2D eigenvalue weighted by Gasteiger charge is -2.08. The first-order chi connectivity index (χ1) is 12.5. The van der Waals surface area contributed by atoms with Gasteiger partial charge in [0, 0.05) is 18.7 Å². The Hall–Kier alpha value is -2.29. The van der Waals surface area contributed by atoms with Crippen molar-refractivity contribution >= 4 is 37.5 Å². The van der Waals surface area contributed by atoms with Crippen molar-refractivity contribution in [3.8, 4) is 0 Å². The van der Waals surface area contributed by atoms with Gasteiger partial charge in [-0.25, -0.2) is 18.1 Å². The van der Waals surface area contributed by atoms with Crippen molar-refractivity contribution < 1.29 is 13.2 Å². The van der Waals surface area contributed by atoms with Crippen LogP contribution in [0.5, 0.6) is 0 Å². The van der Waals surface area contributed by atoms with E-state index in [0.29, 0.717) is 18.5 Å². The second-order valence-electron chi connectivity index (χ2n) is 5.86. The summed E-state index contributed by atoms with van der Waals surface area (Å²) >= 11 is 1.48. The highest BCUT2D eigenvalue weighted by atomic mass is 32.2. The van der Waals surface area contributed by atoms with Crippen LogP contribution in [0, 0.1) is 6.92 Å². The minimum absolute atomic E-state index is 0.179. The predicted molar refractivity (Wildman–Crippen MR) is 103 cm³/mol. The average Bonchev–Trinajstić information content (AvgIpc) is 3.09. The largest absolute Gasteiger partial charge is 0.352 e. The Morgan fingerprint density at radius 1 is 1.12 bits per heavy atom. The highest BCUT2D eigenvalue weighted by Gasteiger charge is 2.13. The van der Waals surface area contributed by atoms with Gasteiger partial charge in [0.15, 0.2) is 0 Å². The summed E-state index contributed by atoms with van der Waals surface area (Å²) in [4.78, 5) is 16.6. The summed E-state index contributed by atoms with van der Waals surface area (Å²) in [5, 5.41) is 2.80. The molecule has 3 rings (SSSR count). The topological polar surface area (TPSA) is 88.2 Å². The maximum absolute atomic E-state index is 12.2.